The SMILES string of the molecule is C/C=C/CCn1c(O)c(-c2ccccc2F)c(=O)[nH]c1=O. The maximum absolute atomic E-state index is 13.8. The van der Waals surface area contributed by atoms with E-state index in [1.165, 1.54) is 18.2 Å². The van der Waals surface area contributed by atoms with Crippen LogP contribution in [0.15, 0.2) is 46.0 Å². The second kappa shape index (κ2) is 6.21. The van der Waals surface area contributed by atoms with Gasteiger partial charge in [0.05, 0.1) is 0 Å². The summed E-state index contributed by atoms with van der Waals surface area (Å²) in [4.78, 5) is 25.7. The Morgan fingerprint density at radius 3 is 2.71 bits per heavy atom. The number of rotatable bonds is 4. The monoisotopic (exact) mass is 290 g/mol. The fourth-order valence-electron chi connectivity index (χ4n) is 2.04. The quantitative estimate of drug-likeness (QED) is 0.846. The van der Waals surface area contributed by atoms with Gasteiger partial charge < -0.3 is 5.11 Å². The average molecular weight is 290 g/mol. The van der Waals surface area contributed by atoms with E-state index < -0.39 is 22.9 Å². The summed E-state index contributed by atoms with van der Waals surface area (Å²) in [6, 6.07) is 5.59. The van der Waals surface area contributed by atoms with Crippen molar-refractivity contribution >= 4 is 0 Å². The van der Waals surface area contributed by atoms with Crippen LogP contribution in [0.25, 0.3) is 11.1 Å². The van der Waals surface area contributed by atoms with Gasteiger partial charge in [-0.3, -0.25) is 14.3 Å². The maximum Gasteiger partial charge on any atom is 0.331 e. The number of halogens is 1. The third-order valence-corrected chi connectivity index (χ3v) is 3.07. The van der Waals surface area contributed by atoms with Crippen LogP contribution in [-0.4, -0.2) is 14.7 Å². The zero-order valence-electron chi connectivity index (χ0n) is 11.5. The van der Waals surface area contributed by atoms with Gasteiger partial charge in [-0.1, -0.05) is 30.4 Å². The Morgan fingerprint density at radius 1 is 1.33 bits per heavy atom. The van der Waals surface area contributed by atoms with Gasteiger partial charge >= 0.3 is 5.69 Å². The molecule has 0 saturated heterocycles. The van der Waals surface area contributed by atoms with Crippen LogP contribution in [0.4, 0.5) is 4.39 Å². The number of benzene rings is 1. The van der Waals surface area contributed by atoms with Gasteiger partial charge in [0, 0.05) is 12.1 Å². The normalized spacial score (nSPS) is 11.1. The lowest BCUT2D eigenvalue weighted by atomic mass is 10.1. The van der Waals surface area contributed by atoms with Crippen molar-refractivity contribution in [1.82, 2.24) is 9.55 Å². The Balaban J connectivity index is 2.62. The lowest BCUT2D eigenvalue weighted by Crippen LogP contribution is -2.31. The van der Waals surface area contributed by atoms with E-state index in [0.29, 0.717) is 6.42 Å². The molecule has 6 heteroatoms. The van der Waals surface area contributed by atoms with E-state index in [1.54, 1.807) is 6.07 Å². The molecule has 0 fully saturated rings. The summed E-state index contributed by atoms with van der Waals surface area (Å²) in [5.74, 6) is -1.17. The van der Waals surface area contributed by atoms with Gasteiger partial charge in [-0.2, -0.15) is 0 Å². The van der Waals surface area contributed by atoms with Crippen LogP contribution >= 0.6 is 0 Å². The van der Waals surface area contributed by atoms with Crippen LogP contribution in [-0.2, 0) is 6.54 Å². The predicted octanol–water partition coefficient (Wildman–Crippen LogP) is 2.01. The summed E-state index contributed by atoms with van der Waals surface area (Å²) in [5.41, 5.74) is -1.82. The number of hydrogen-bond acceptors (Lipinski definition) is 3. The van der Waals surface area contributed by atoms with Gasteiger partial charge in [-0.05, 0) is 19.4 Å². The first kappa shape index (κ1) is 14.8. The second-order valence-electron chi connectivity index (χ2n) is 4.45. The molecule has 110 valence electrons. The molecule has 2 aromatic rings. The van der Waals surface area contributed by atoms with Crippen molar-refractivity contribution in [2.45, 2.75) is 19.9 Å². The lowest BCUT2D eigenvalue weighted by Gasteiger charge is -2.11. The Labute approximate surface area is 120 Å². The molecule has 1 aromatic heterocycles. The molecule has 0 radical (unpaired) electrons. The molecule has 1 heterocycles. The molecular formula is C15H15FN2O3. The molecular weight excluding hydrogens is 275 g/mol. The zero-order valence-corrected chi connectivity index (χ0v) is 11.5. The van der Waals surface area contributed by atoms with Gasteiger partial charge in [0.1, 0.15) is 11.4 Å². The smallest absolute Gasteiger partial charge is 0.331 e. The number of nitrogens with one attached hydrogen (secondary N) is 1. The number of H-pyrrole nitrogens is 1. The molecule has 0 aliphatic rings. The van der Waals surface area contributed by atoms with E-state index in [9.17, 15) is 19.1 Å². The second-order valence-corrected chi connectivity index (χ2v) is 4.45. The highest BCUT2D eigenvalue weighted by Gasteiger charge is 2.18. The van der Waals surface area contributed by atoms with Crippen molar-refractivity contribution in [3.05, 3.63) is 63.1 Å². The minimum absolute atomic E-state index is 0.0453. The fourth-order valence-corrected chi connectivity index (χ4v) is 2.04. The molecule has 0 amide bonds. The topological polar surface area (TPSA) is 75.1 Å². The Kier molecular flexibility index (Phi) is 4.37. The van der Waals surface area contributed by atoms with E-state index >= 15 is 0 Å². The van der Waals surface area contributed by atoms with Crippen LogP contribution in [0.2, 0.25) is 0 Å². The molecule has 0 saturated carbocycles. The molecule has 2 N–H and O–H groups in total. The van der Waals surface area contributed by atoms with Crippen molar-refractivity contribution in [3.8, 4) is 17.0 Å². The van der Waals surface area contributed by atoms with Crippen LogP contribution in [0.5, 0.6) is 5.88 Å². The van der Waals surface area contributed by atoms with Gasteiger partial charge in [-0.15, -0.1) is 0 Å². The number of aromatic amines is 1. The Bertz CT molecular complexity index is 790. The average Bonchev–Trinajstić information content (AvgIpc) is 2.44. The highest BCUT2D eigenvalue weighted by molar-refractivity contribution is 5.67. The first-order valence-electron chi connectivity index (χ1n) is 6.48. The van der Waals surface area contributed by atoms with Crippen molar-refractivity contribution in [2.24, 2.45) is 0 Å². The number of aromatic nitrogens is 2. The van der Waals surface area contributed by atoms with Crippen LogP contribution in [0.3, 0.4) is 0 Å². The third kappa shape index (κ3) is 2.94. The summed E-state index contributed by atoms with van der Waals surface area (Å²) >= 11 is 0. The largest absolute Gasteiger partial charge is 0.494 e. The van der Waals surface area contributed by atoms with Crippen LogP contribution in [0.1, 0.15) is 13.3 Å². The summed E-state index contributed by atoms with van der Waals surface area (Å²) < 4.78 is 14.8. The molecule has 0 atom stereocenters. The predicted molar refractivity (Wildman–Crippen MR) is 77.8 cm³/mol. The number of hydrogen-bond donors (Lipinski definition) is 2. The minimum atomic E-state index is -0.815. The van der Waals surface area contributed by atoms with Crippen LogP contribution in [0, 0.1) is 5.82 Å². The molecule has 0 aliphatic carbocycles. The highest BCUT2D eigenvalue weighted by atomic mass is 19.1. The summed E-state index contributed by atoms with van der Waals surface area (Å²) in [7, 11) is 0. The molecule has 0 aliphatic heterocycles. The van der Waals surface area contributed by atoms with Crippen molar-refractivity contribution < 1.29 is 9.50 Å². The summed E-state index contributed by atoms with van der Waals surface area (Å²) in [6.45, 7) is 2.02. The molecule has 0 spiro atoms. The minimum Gasteiger partial charge on any atom is -0.494 e. The van der Waals surface area contributed by atoms with Gasteiger partial charge in [0.2, 0.25) is 5.88 Å². The van der Waals surface area contributed by atoms with Gasteiger partial charge in [0.25, 0.3) is 5.56 Å². The first-order valence-corrected chi connectivity index (χ1v) is 6.48. The van der Waals surface area contributed by atoms with Crippen molar-refractivity contribution in [3.63, 3.8) is 0 Å². The van der Waals surface area contributed by atoms with Crippen molar-refractivity contribution in [1.29, 1.82) is 0 Å². The summed E-state index contributed by atoms with van der Waals surface area (Å²) in [6.07, 6.45) is 4.14. The third-order valence-electron chi connectivity index (χ3n) is 3.07. The Hall–Kier alpha value is -2.63. The molecule has 2 rings (SSSR count). The van der Waals surface area contributed by atoms with Crippen molar-refractivity contribution in [2.75, 3.05) is 0 Å². The van der Waals surface area contributed by atoms with Gasteiger partial charge in [-0.25, -0.2) is 9.18 Å². The molecule has 1 aromatic carbocycles. The maximum atomic E-state index is 13.8. The molecule has 0 bridgehead atoms. The van der Waals surface area contributed by atoms with E-state index in [-0.39, 0.29) is 17.7 Å². The highest BCUT2D eigenvalue weighted by Crippen LogP contribution is 2.26. The van der Waals surface area contributed by atoms with E-state index in [4.69, 9.17) is 0 Å². The fraction of sp³-hybridized carbons (Fsp3) is 0.200. The van der Waals surface area contributed by atoms with Crippen LogP contribution < -0.4 is 11.2 Å². The Morgan fingerprint density at radius 2 is 2.05 bits per heavy atom. The van der Waals surface area contributed by atoms with E-state index in [1.807, 2.05) is 19.1 Å². The number of aromatic hydroxyl groups is 1. The summed E-state index contributed by atoms with van der Waals surface area (Å²) in [5, 5.41) is 10.2. The number of nitrogens with zero attached hydrogens (tertiary/aromatic N) is 1. The lowest BCUT2D eigenvalue weighted by molar-refractivity contribution is 0.403. The number of allylic oxidation sites excluding steroid dienone is 2. The van der Waals surface area contributed by atoms with Gasteiger partial charge in [0.15, 0.2) is 0 Å². The van der Waals surface area contributed by atoms with E-state index in [0.717, 1.165) is 4.57 Å². The first-order chi connectivity index (χ1) is 10.1. The molecule has 21 heavy (non-hydrogen) atoms. The molecule has 5 nitrogen and oxygen atoms in total. The zero-order chi connectivity index (χ0) is 15.4. The van der Waals surface area contributed by atoms with E-state index in [2.05, 4.69) is 4.98 Å². The molecule has 0 unspecified atom stereocenters. The standard InChI is InChI=1S/C15H15FN2O3/c1-2-3-6-9-18-14(20)12(13(19)17-15(18)21)10-7-4-5-8-11(10)16/h2-5,7-8,20H,6,9H2,1H3,(H,17,19,21)/b3-2+.